The van der Waals surface area contributed by atoms with E-state index in [2.05, 4.69) is 30.7 Å². The number of rotatable bonds is 4. The van der Waals surface area contributed by atoms with Crippen LogP contribution >= 0.6 is 11.3 Å². The van der Waals surface area contributed by atoms with Gasteiger partial charge in [-0.05, 0) is 49.5 Å². The van der Waals surface area contributed by atoms with Gasteiger partial charge in [-0.2, -0.15) is 0 Å². The Morgan fingerprint density at radius 2 is 2.19 bits per heavy atom. The fraction of sp³-hybridized carbons (Fsp3) is 0.545. The molecule has 0 aromatic carbocycles. The van der Waals surface area contributed by atoms with Crippen molar-refractivity contribution in [1.82, 2.24) is 14.9 Å². The second-order valence-electron chi connectivity index (χ2n) is 8.59. The van der Waals surface area contributed by atoms with Crippen molar-refractivity contribution >= 4 is 11.3 Å². The lowest BCUT2D eigenvalue weighted by molar-refractivity contribution is 0.242. The van der Waals surface area contributed by atoms with E-state index in [1.807, 2.05) is 17.5 Å². The molecular weight excluding hydrogens is 354 g/mol. The van der Waals surface area contributed by atoms with Crippen LogP contribution in [0.5, 0.6) is 0 Å². The lowest BCUT2D eigenvalue weighted by Gasteiger charge is -2.36. The molecule has 27 heavy (non-hydrogen) atoms. The summed E-state index contributed by atoms with van der Waals surface area (Å²) in [7, 11) is 0. The third-order valence-corrected chi connectivity index (χ3v) is 7.14. The molecule has 5 heteroatoms. The SMILES string of the molecule is CC1=C(CCN2CCc3nc(-c4cccs4)[nH]c(=O)c3C2)C(C)(C)CCC1. The van der Waals surface area contributed by atoms with Crippen molar-refractivity contribution in [2.24, 2.45) is 5.41 Å². The number of nitrogens with one attached hydrogen (secondary N) is 1. The van der Waals surface area contributed by atoms with Gasteiger partial charge in [-0.25, -0.2) is 4.98 Å². The molecule has 1 aliphatic carbocycles. The van der Waals surface area contributed by atoms with Crippen molar-refractivity contribution in [3.05, 3.63) is 50.3 Å². The summed E-state index contributed by atoms with van der Waals surface area (Å²) in [5.74, 6) is 0.715. The molecule has 2 aromatic heterocycles. The fourth-order valence-corrected chi connectivity index (χ4v) is 5.37. The van der Waals surface area contributed by atoms with Crippen molar-refractivity contribution < 1.29 is 0 Å². The molecule has 0 unspecified atom stereocenters. The number of hydrogen-bond acceptors (Lipinski definition) is 4. The first kappa shape index (κ1) is 18.6. The van der Waals surface area contributed by atoms with Crippen LogP contribution in [0.3, 0.4) is 0 Å². The second kappa shape index (κ2) is 7.36. The van der Waals surface area contributed by atoms with Gasteiger partial charge in [0, 0.05) is 26.1 Å². The van der Waals surface area contributed by atoms with Gasteiger partial charge in [0.2, 0.25) is 0 Å². The molecule has 4 nitrogen and oxygen atoms in total. The highest BCUT2D eigenvalue weighted by Gasteiger charge is 2.29. The topological polar surface area (TPSA) is 49.0 Å². The van der Waals surface area contributed by atoms with Crippen molar-refractivity contribution in [3.8, 4) is 10.7 Å². The predicted octanol–water partition coefficient (Wildman–Crippen LogP) is 4.77. The molecule has 4 rings (SSSR count). The Morgan fingerprint density at radius 3 is 2.93 bits per heavy atom. The van der Waals surface area contributed by atoms with Gasteiger partial charge in [0.25, 0.3) is 5.56 Å². The monoisotopic (exact) mass is 383 g/mol. The molecule has 0 bridgehead atoms. The summed E-state index contributed by atoms with van der Waals surface area (Å²) in [6.45, 7) is 9.81. The molecule has 0 fully saturated rings. The van der Waals surface area contributed by atoms with E-state index in [1.54, 1.807) is 22.5 Å². The van der Waals surface area contributed by atoms with Crippen LogP contribution in [-0.4, -0.2) is 28.0 Å². The highest BCUT2D eigenvalue weighted by molar-refractivity contribution is 7.13. The Bertz CT molecular complexity index is 908. The van der Waals surface area contributed by atoms with E-state index in [4.69, 9.17) is 4.98 Å². The molecule has 1 N–H and O–H groups in total. The molecule has 0 radical (unpaired) electrons. The zero-order valence-corrected chi connectivity index (χ0v) is 17.4. The van der Waals surface area contributed by atoms with Crippen molar-refractivity contribution in [3.63, 3.8) is 0 Å². The smallest absolute Gasteiger partial charge is 0.255 e. The average Bonchev–Trinajstić information content (AvgIpc) is 3.15. The summed E-state index contributed by atoms with van der Waals surface area (Å²) >= 11 is 1.61. The largest absolute Gasteiger partial charge is 0.306 e. The second-order valence-corrected chi connectivity index (χ2v) is 9.54. The van der Waals surface area contributed by atoms with E-state index >= 15 is 0 Å². The highest BCUT2D eigenvalue weighted by atomic mass is 32.1. The quantitative estimate of drug-likeness (QED) is 0.774. The van der Waals surface area contributed by atoms with Crippen molar-refractivity contribution in [2.45, 2.75) is 59.4 Å². The number of fused-ring (bicyclic) bond motifs is 1. The number of aromatic amines is 1. The predicted molar refractivity (Wildman–Crippen MR) is 112 cm³/mol. The van der Waals surface area contributed by atoms with Crippen LogP contribution in [0, 0.1) is 5.41 Å². The van der Waals surface area contributed by atoms with Gasteiger partial charge in [-0.15, -0.1) is 11.3 Å². The summed E-state index contributed by atoms with van der Waals surface area (Å²) in [6.07, 6.45) is 5.83. The summed E-state index contributed by atoms with van der Waals surface area (Å²) in [5, 5.41) is 2.01. The number of hydrogen-bond donors (Lipinski definition) is 1. The van der Waals surface area contributed by atoms with Crippen LogP contribution in [0.2, 0.25) is 0 Å². The Kier molecular flexibility index (Phi) is 5.08. The van der Waals surface area contributed by atoms with Gasteiger partial charge in [0.1, 0.15) is 0 Å². The molecule has 0 atom stereocenters. The molecule has 2 aliphatic rings. The molecule has 0 saturated heterocycles. The summed E-state index contributed by atoms with van der Waals surface area (Å²) in [5.41, 5.74) is 5.41. The third-order valence-electron chi connectivity index (χ3n) is 6.27. The molecule has 1 aliphatic heterocycles. The molecule has 0 saturated carbocycles. The summed E-state index contributed by atoms with van der Waals surface area (Å²) in [4.78, 5) is 23.9. The fourth-order valence-electron chi connectivity index (χ4n) is 4.70. The average molecular weight is 384 g/mol. The first-order chi connectivity index (χ1) is 12.9. The minimum absolute atomic E-state index is 0.0292. The Labute approximate surface area is 165 Å². The molecule has 3 heterocycles. The van der Waals surface area contributed by atoms with Crippen LogP contribution in [0.1, 0.15) is 57.7 Å². The maximum Gasteiger partial charge on any atom is 0.255 e. The molecule has 0 amide bonds. The molecular formula is C22H29N3OS. The van der Waals surface area contributed by atoms with Crippen LogP contribution in [0.15, 0.2) is 33.5 Å². The van der Waals surface area contributed by atoms with Gasteiger partial charge < -0.3 is 4.98 Å². The number of allylic oxidation sites excluding steroid dienone is 1. The van der Waals surface area contributed by atoms with E-state index in [0.29, 0.717) is 11.2 Å². The van der Waals surface area contributed by atoms with E-state index in [1.165, 1.54) is 19.3 Å². The molecule has 2 aromatic rings. The Hall–Kier alpha value is -1.72. The lowest BCUT2D eigenvalue weighted by atomic mass is 9.71. The lowest BCUT2D eigenvalue weighted by Crippen LogP contribution is -2.37. The van der Waals surface area contributed by atoms with E-state index < -0.39 is 0 Å². The third kappa shape index (κ3) is 3.81. The summed E-state index contributed by atoms with van der Waals surface area (Å²) in [6, 6.07) is 4.00. The van der Waals surface area contributed by atoms with Gasteiger partial charge in [0.05, 0.1) is 16.1 Å². The van der Waals surface area contributed by atoms with E-state index in [0.717, 1.165) is 48.6 Å². The van der Waals surface area contributed by atoms with Crippen LogP contribution in [-0.2, 0) is 13.0 Å². The highest BCUT2D eigenvalue weighted by Crippen LogP contribution is 2.41. The van der Waals surface area contributed by atoms with Gasteiger partial charge in [-0.1, -0.05) is 31.1 Å². The van der Waals surface area contributed by atoms with Crippen molar-refractivity contribution in [1.29, 1.82) is 0 Å². The normalized spacial score (nSPS) is 20.0. The van der Waals surface area contributed by atoms with E-state index in [-0.39, 0.29) is 5.56 Å². The van der Waals surface area contributed by atoms with E-state index in [9.17, 15) is 4.79 Å². The zero-order valence-electron chi connectivity index (χ0n) is 16.6. The maximum absolute atomic E-state index is 12.7. The molecule has 0 spiro atoms. The molecule has 144 valence electrons. The zero-order chi connectivity index (χ0) is 19.0. The number of nitrogens with zero attached hydrogens (tertiary/aromatic N) is 2. The van der Waals surface area contributed by atoms with Crippen LogP contribution in [0.25, 0.3) is 10.7 Å². The Balaban J connectivity index is 1.48. The van der Waals surface area contributed by atoms with Gasteiger partial charge in [0.15, 0.2) is 5.82 Å². The first-order valence-corrected chi connectivity index (χ1v) is 10.9. The van der Waals surface area contributed by atoms with Crippen LogP contribution in [0.4, 0.5) is 0 Å². The minimum Gasteiger partial charge on any atom is -0.306 e. The van der Waals surface area contributed by atoms with Gasteiger partial charge >= 0.3 is 0 Å². The standard InChI is InChI=1S/C22H29N3OS/c1-15-6-4-10-22(2,3)17(15)8-11-25-12-9-18-16(14-25)21(26)24-20(23-18)19-7-5-13-27-19/h5,7,13H,4,6,8-12,14H2,1-3H3,(H,23,24,26). The summed E-state index contributed by atoms with van der Waals surface area (Å²) < 4.78 is 0. The number of thiophene rings is 1. The maximum atomic E-state index is 12.7. The van der Waals surface area contributed by atoms with Crippen LogP contribution < -0.4 is 5.56 Å². The Morgan fingerprint density at radius 1 is 1.33 bits per heavy atom. The van der Waals surface area contributed by atoms with Crippen molar-refractivity contribution in [2.75, 3.05) is 13.1 Å². The number of H-pyrrole nitrogens is 1. The van der Waals surface area contributed by atoms with Gasteiger partial charge in [-0.3, -0.25) is 9.69 Å². The minimum atomic E-state index is 0.0292. The first-order valence-electron chi connectivity index (χ1n) is 10.0. The number of aromatic nitrogens is 2.